The van der Waals surface area contributed by atoms with Gasteiger partial charge in [-0.15, -0.1) is 12.4 Å². The van der Waals surface area contributed by atoms with Crippen LogP contribution in [0.4, 0.5) is 0 Å². The Morgan fingerprint density at radius 3 is 2.83 bits per heavy atom. The van der Waals surface area contributed by atoms with E-state index in [2.05, 4.69) is 42.5 Å². The molecule has 1 aliphatic rings. The van der Waals surface area contributed by atoms with Crippen LogP contribution in [0.5, 0.6) is 0 Å². The molecule has 0 saturated carbocycles. The number of nitrogens with one attached hydrogen (secondary N) is 2. The fourth-order valence-electron chi connectivity index (χ4n) is 1.89. The van der Waals surface area contributed by atoms with Crippen molar-refractivity contribution in [3.8, 4) is 0 Å². The highest BCUT2D eigenvalue weighted by atomic mass is 79.9. The predicted octanol–water partition coefficient (Wildman–Crippen LogP) is 2.97. The van der Waals surface area contributed by atoms with Crippen molar-refractivity contribution in [1.82, 2.24) is 10.6 Å². The molecule has 2 rings (SSSR count). The molecule has 0 bridgehead atoms. The quantitative estimate of drug-likeness (QED) is 0.822. The number of halogens is 3. The van der Waals surface area contributed by atoms with Gasteiger partial charge < -0.3 is 10.6 Å². The first-order chi connectivity index (χ1) is 8.16. The fourth-order valence-corrected chi connectivity index (χ4v) is 3.12. The molecular formula is C12H15Br2ClN2O. The number of amides is 1. The lowest BCUT2D eigenvalue weighted by Gasteiger charge is -2.11. The van der Waals surface area contributed by atoms with Crippen LogP contribution in [-0.4, -0.2) is 25.5 Å². The van der Waals surface area contributed by atoms with Crippen molar-refractivity contribution < 1.29 is 4.79 Å². The van der Waals surface area contributed by atoms with Gasteiger partial charge in [0.15, 0.2) is 0 Å². The molecule has 18 heavy (non-hydrogen) atoms. The van der Waals surface area contributed by atoms with Crippen molar-refractivity contribution in [3.63, 3.8) is 0 Å². The van der Waals surface area contributed by atoms with E-state index in [1.165, 1.54) is 0 Å². The Balaban J connectivity index is 0.00000162. The zero-order chi connectivity index (χ0) is 12.3. The maximum atomic E-state index is 12.0. The van der Waals surface area contributed by atoms with E-state index in [-0.39, 0.29) is 18.3 Å². The van der Waals surface area contributed by atoms with Gasteiger partial charge in [-0.25, -0.2) is 0 Å². The molecule has 1 heterocycles. The van der Waals surface area contributed by atoms with E-state index >= 15 is 0 Å². The van der Waals surface area contributed by atoms with Crippen molar-refractivity contribution in [2.45, 2.75) is 6.42 Å². The SMILES string of the molecule is Cl.O=C(NCC1CCNC1)c1ccc(Br)cc1Br. The molecule has 1 aromatic carbocycles. The van der Waals surface area contributed by atoms with Crippen LogP contribution in [0.15, 0.2) is 27.1 Å². The minimum Gasteiger partial charge on any atom is -0.352 e. The van der Waals surface area contributed by atoms with Crippen LogP contribution in [0, 0.1) is 5.92 Å². The third kappa shape index (κ3) is 4.23. The summed E-state index contributed by atoms with van der Waals surface area (Å²) >= 11 is 6.77. The molecule has 1 aromatic rings. The molecule has 1 atom stereocenters. The van der Waals surface area contributed by atoms with Gasteiger partial charge in [0.1, 0.15) is 0 Å². The van der Waals surface area contributed by atoms with E-state index < -0.39 is 0 Å². The van der Waals surface area contributed by atoms with Crippen LogP contribution in [0.2, 0.25) is 0 Å². The Labute approximate surface area is 130 Å². The zero-order valence-corrected chi connectivity index (χ0v) is 13.7. The van der Waals surface area contributed by atoms with Gasteiger partial charge >= 0.3 is 0 Å². The summed E-state index contributed by atoms with van der Waals surface area (Å²) in [4.78, 5) is 12.0. The molecule has 2 N–H and O–H groups in total. The summed E-state index contributed by atoms with van der Waals surface area (Å²) in [5, 5.41) is 6.26. The second-order valence-corrected chi connectivity index (χ2v) is 5.96. The third-order valence-electron chi connectivity index (χ3n) is 2.89. The summed E-state index contributed by atoms with van der Waals surface area (Å²) in [5.41, 5.74) is 0.680. The first-order valence-corrected chi connectivity index (χ1v) is 7.19. The highest BCUT2D eigenvalue weighted by Crippen LogP contribution is 2.21. The maximum Gasteiger partial charge on any atom is 0.252 e. The number of benzene rings is 1. The van der Waals surface area contributed by atoms with Gasteiger partial charge in [0.25, 0.3) is 5.91 Å². The molecule has 0 radical (unpaired) electrons. The van der Waals surface area contributed by atoms with Gasteiger partial charge in [-0.05, 0) is 59.6 Å². The Morgan fingerprint density at radius 2 is 2.22 bits per heavy atom. The van der Waals surface area contributed by atoms with E-state index in [1.807, 2.05) is 18.2 Å². The Hall–Kier alpha value is -0.100. The fraction of sp³-hybridized carbons (Fsp3) is 0.417. The Bertz CT molecular complexity index is 423. The molecule has 1 amide bonds. The van der Waals surface area contributed by atoms with Crippen LogP contribution in [0.1, 0.15) is 16.8 Å². The van der Waals surface area contributed by atoms with E-state index in [0.717, 1.165) is 35.0 Å². The highest BCUT2D eigenvalue weighted by molar-refractivity contribution is 9.11. The normalized spacial score (nSPS) is 18.2. The molecule has 0 aliphatic carbocycles. The van der Waals surface area contributed by atoms with E-state index in [4.69, 9.17) is 0 Å². The number of carbonyl (C=O) groups excluding carboxylic acids is 1. The van der Waals surface area contributed by atoms with Crippen molar-refractivity contribution in [2.75, 3.05) is 19.6 Å². The lowest BCUT2D eigenvalue weighted by molar-refractivity contribution is 0.0947. The van der Waals surface area contributed by atoms with Crippen LogP contribution in [0.25, 0.3) is 0 Å². The first-order valence-electron chi connectivity index (χ1n) is 5.61. The van der Waals surface area contributed by atoms with Gasteiger partial charge in [0, 0.05) is 15.5 Å². The summed E-state index contributed by atoms with van der Waals surface area (Å²) in [7, 11) is 0. The average Bonchev–Trinajstić information content (AvgIpc) is 2.78. The third-order valence-corrected chi connectivity index (χ3v) is 4.04. The average molecular weight is 399 g/mol. The van der Waals surface area contributed by atoms with Crippen molar-refractivity contribution >= 4 is 50.2 Å². The van der Waals surface area contributed by atoms with Crippen molar-refractivity contribution in [1.29, 1.82) is 0 Å². The molecule has 0 spiro atoms. The summed E-state index contributed by atoms with van der Waals surface area (Å²) in [6, 6.07) is 5.57. The topological polar surface area (TPSA) is 41.1 Å². The molecular weight excluding hydrogens is 383 g/mol. The molecule has 1 fully saturated rings. The van der Waals surface area contributed by atoms with Gasteiger partial charge in [-0.1, -0.05) is 15.9 Å². The second-order valence-electron chi connectivity index (χ2n) is 4.19. The Morgan fingerprint density at radius 1 is 1.44 bits per heavy atom. The number of carbonyl (C=O) groups is 1. The van der Waals surface area contributed by atoms with Crippen LogP contribution < -0.4 is 10.6 Å². The largest absolute Gasteiger partial charge is 0.352 e. The van der Waals surface area contributed by atoms with Crippen LogP contribution in [0.3, 0.4) is 0 Å². The smallest absolute Gasteiger partial charge is 0.252 e. The number of hydrogen-bond donors (Lipinski definition) is 2. The summed E-state index contributed by atoms with van der Waals surface area (Å²) in [5.74, 6) is 0.546. The highest BCUT2D eigenvalue weighted by Gasteiger charge is 2.16. The van der Waals surface area contributed by atoms with E-state index in [0.29, 0.717) is 11.5 Å². The van der Waals surface area contributed by atoms with Crippen molar-refractivity contribution in [2.24, 2.45) is 5.92 Å². The molecule has 1 unspecified atom stereocenters. The van der Waals surface area contributed by atoms with Gasteiger partial charge in [0.2, 0.25) is 0 Å². The minimum absolute atomic E-state index is 0. The van der Waals surface area contributed by atoms with Crippen molar-refractivity contribution in [3.05, 3.63) is 32.7 Å². The summed E-state index contributed by atoms with van der Waals surface area (Å²) in [6.07, 6.45) is 1.14. The van der Waals surface area contributed by atoms with Gasteiger partial charge in [-0.2, -0.15) is 0 Å². The number of hydrogen-bond acceptors (Lipinski definition) is 2. The lowest BCUT2D eigenvalue weighted by atomic mass is 10.1. The lowest BCUT2D eigenvalue weighted by Crippen LogP contribution is -2.30. The number of rotatable bonds is 3. The Kier molecular flexibility index (Phi) is 6.63. The minimum atomic E-state index is -0.0173. The van der Waals surface area contributed by atoms with E-state index in [9.17, 15) is 4.79 Å². The van der Waals surface area contributed by atoms with Gasteiger partial charge in [-0.3, -0.25) is 4.79 Å². The van der Waals surface area contributed by atoms with E-state index in [1.54, 1.807) is 0 Å². The zero-order valence-electron chi connectivity index (χ0n) is 9.71. The summed E-state index contributed by atoms with van der Waals surface area (Å²) < 4.78 is 1.77. The first kappa shape index (κ1) is 16.0. The molecule has 0 aromatic heterocycles. The maximum absolute atomic E-state index is 12.0. The van der Waals surface area contributed by atoms with Crippen LogP contribution in [-0.2, 0) is 0 Å². The standard InChI is InChI=1S/C12H14Br2N2O.ClH/c13-9-1-2-10(11(14)5-9)12(17)16-7-8-3-4-15-6-8;/h1-2,5,8,15H,3-4,6-7H2,(H,16,17);1H. The molecule has 100 valence electrons. The van der Waals surface area contributed by atoms with Gasteiger partial charge in [0.05, 0.1) is 5.56 Å². The summed E-state index contributed by atoms with van der Waals surface area (Å²) in [6.45, 7) is 2.80. The molecule has 1 aliphatic heterocycles. The molecule has 1 saturated heterocycles. The molecule has 6 heteroatoms. The predicted molar refractivity (Wildman–Crippen MR) is 82.4 cm³/mol. The van der Waals surface area contributed by atoms with Crippen LogP contribution >= 0.6 is 44.3 Å². The molecule has 3 nitrogen and oxygen atoms in total. The monoisotopic (exact) mass is 396 g/mol. The second kappa shape index (κ2) is 7.48.